The lowest BCUT2D eigenvalue weighted by Crippen LogP contribution is -2.49. The topological polar surface area (TPSA) is 21.3 Å². The third kappa shape index (κ3) is 9.04. The second kappa shape index (κ2) is 12.5. The predicted octanol–water partition coefficient (Wildman–Crippen LogP) is 7.74. The lowest BCUT2D eigenvalue weighted by atomic mass is 9.73. The number of rotatable bonds is 12. The van der Waals surface area contributed by atoms with E-state index >= 15 is 0 Å². The fraction of sp³-hybridized carbons (Fsp3) is 1.00. The van der Waals surface area contributed by atoms with Gasteiger partial charge in [-0.25, -0.2) is 0 Å². The van der Waals surface area contributed by atoms with Crippen LogP contribution in [0.3, 0.4) is 0 Å². The zero-order valence-electron chi connectivity index (χ0n) is 18.5. The second-order valence-corrected chi connectivity index (χ2v) is 16.8. The Balaban J connectivity index is 1.83. The van der Waals surface area contributed by atoms with Crippen molar-refractivity contribution >= 4 is 30.9 Å². The molecular weight excluding hydrogens is 461 g/mol. The first-order valence-corrected chi connectivity index (χ1v) is 16.7. The molecule has 2 rings (SSSR count). The minimum atomic E-state index is -0.896. The minimum Gasteiger partial charge on any atom is -0.381 e. The summed E-state index contributed by atoms with van der Waals surface area (Å²) in [4.78, 5) is 0. The molecule has 1 saturated carbocycles. The number of halogens is 1. The lowest BCUT2D eigenvalue weighted by molar-refractivity contribution is 0.0296. The summed E-state index contributed by atoms with van der Waals surface area (Å²) in [5.41, 5.74) is 0.357. The summed E-state index contributed by atoms with van der Waals surface area (Å²) in [6.07, 6.45) is 19.9. The monoisotopic (exact) mass is 507 g/mol. The summed E-state index contributed by atoms with van der Waals surface area (Å²) >= 11 is 2.49. The van der Waals surface area contributed by atoms with Crippen LogP contribution < -0.4 is 3.53 Å². The van der Waals surface area contributed by atoms with E-state index in [0.29, 0.717) is 5.54 Å². The molecule has 0 aromatic rings. The first-order valence-electron chi connectivity index (χ1n) is 11.9. The van der Waals surface area contributed by atoms with E-state index in [2.05, 4.69) is 46.0 Å². The summed E-state index contributed by atoms with van der Waals surface area (Å²) in [6.45, 7) is 9.49. The fourth-order valence-electron chi connectivity index (χ4n) is 5.40. The molecular formula is C23H46INOSi. The van der Waals surface area contributed by atoms with Crippen molar-refractivity contribution in [3.05, 3.63) is 0 Å². The van der Waals surface area contributed by atoms with Crippen molar-refractivity contribution in [1.29, 1.82) is 0 Å². The summed E-state index contributed by atoms with van der Waals surface area (Å²) < 4.78 is 9.54. The zero-order valence-corrected chi connectivity index (χ0v) is 21.6. The van der Waals surface area contributed by atoms with Gasteiger partial charge in [0, 0.05) is 49.7 Å². The average Bonchev–Trinajstić information content (AvgIpc) is 2.68. The molecule has 1 atom stereocenters. The first kappa shape index (κ1) is 24.1. The van der Waals surface area contributed by atoms with Crippen LogP contribution in [0.15, 0.2) is 0 Å². The highest BCUT2D eigenvalue weighted by atomic mass is 127. The van der Waals surface area contributed by atoms with E-state index in [1.807, 2.05) is 0 Å². The molecule has 160 valence electrons. The minimum absolute atomic E-state index is 0.357. The molecule has 4 heteroatoms. The van der Waals surface area contributed by atoms with Gasteiger partial charge >= 0.3 is 0 Å². The van der Waals surface area contributed by atoms with E-state index in [0.717, 1.165) is 25.0 Å². The molecule has 1 aliphatic heterocycles. The molecule has 2 aliphatic rings. The van der Waals surface area contributed by atoms with Gasteiger partial charge in [-0.05, 0) is 37.5 Å². The summed E-state index contributed by atoms with van der Waals surface area (Å²) in [5, 5.41) is 0. The molecule has 1 heterocycles. The highest BCUT2D eigenvalue weighted by molar-refractivity contribution is 14.1. The molecule has 1 saturated heterocycles. The number of hydrogen-bond donors (Lipinski definition) is 1. The Kier molecular flexibility index (Phi) is 11.2. The van der Waals surface area contributed by atoms with Gasteiger partial charge < -0.3 is 4.74 Å². The average molecular weight is 508 g/mol. The van der Waals surface area contributed by atoms with Gasteiger partial charge in [0.1, 0.15) is 0 Å². The van der Waals surface area contributed by atoms with E-state index in [1.165, 1.54) is 95.9 Å². The van der Waals surface area contributed by atoms with Crippen LogP contribution in [0.4, 0.5) is 0 Å². The van der Waals surface area contributed by atoms with Gasteiger partial charge in [-0.15, -0.1) is 0 Å². The van der Waals surface area contributed by atoms with Crippen LogP contribution in [0, 0.1) is 11.8 Å². The molecule has 1 aliphatic carbocycles. The SMILES string of the molecule is C[Si](C)(C)CCCCC(CCCCC1CCCCC1)(NI)C1CCOCC1. The maximum Gasteiger partial charge on any atom is 0.0469 e. The maximum atomic E-state index is 5.69. The standard InChI is InChI=1S/C23H46INOSi/c1-27(2,3)20-10-9-17-23(25-24,22-14-18-26-19-15-22)16-8-7-13-21-11-5-4-6-12-21/h21-22,25H,4-20H2,1-3H3. The molecule has 0 spiro atoms. The maximum absolute atomic E-state index is 5.69. The van der Waals surface area contributed by atoms with Crippen LogP contribution in [0.1, 0.15) is 89.9 Å². The van der Waals surface area contributed by atoms with Gasteiger partial charge in [0.25, 0.3) is 0 Å². The van der Waals surface area contributed by atoms with Crippen LogP contribution >= 0.6 is 22.9 Å². The molecule has 2 fully saturated rings. The Bertz CT molecular complexity index is 388. The van der Waals surface area contributed by atoms with Gasteiger partial charge in [0.15, 0.2) is 0 Å². The van der Waals surface area contributed by atoms with E-state index in [-0.39, 0.29) is 0 Å². The third-order valence-corrected chi connectivity index (χ3v) is 10.1. The number of nitrogens with one attached hydrogen (secondary N) is 1. The Morgan fingerprint density at radius 2 is 1.52 bits per heavy atom. The molecule has 2 nitrogen and oxygen atoms in total. The highest BCUT2D eigenvalue weighted by Gasteiger charge is 2.38. The Morgan fingerprint density at radius 1 is 0.889 bits per heavy atom. The van der Waals surface area contributed by atoms with Crippen LogP contribution in [-0.2, 0) is 4.74 Å². The van der Waals surface area contributed by atoms with E-state index in [1.54, 1.807) is 0 Å². The lowest BCUT2D eigenvalue weighted by Gasteiger charge is -2.42. The quantitative estimate of drug-likeness (QED) is 0.126. The van der Waals surface area contributed by atoms with Gasteiger partial charge in [-0.2, -0.15) is 0 Å². The summed E-state index contributed by atoms with van der Waals surface area (Å²) in [7, 11) is -0.896. The molecule has 0 aromatic carbocycles. The third-order valence-electron chi connectivity index (χ3n) is 7.20. The molecule has 0 radical (unpaired) electrons. The predicted molar refractivity (Wildman–Crippen MR) is 130 cm³/mol. The van der Waals surface area contributed by atoms with Crippen molar-refractivity contribution in [1.82, 2.24) is 3.53 Å². The van der Waals surface area contributed by atoms with Gasteiger partial charge in [0.05, 0.1) is 0 Å². The van der Waals surface area contributed by atoms with E-state index in [9.17, 15) is 0 Å². The number of ether oxygens (including phenoxy) is 1. The van der Waals surface area contributed by atoms with Gasteiger partial charge in [0.2, 0.25) is 0 Å². The largest absolute Gasteiger partial charge is 0.381 e. The number of hydrogen-bond acceptors (Lipinski definition) is 2. The molecule has 1 N–H and O–H groups in total. The molecule has 0 amide bonds. The van der Waals surface area contributed by atoms with Crippen LogP contribution in [-0.4, -0.2) is 26.8 Å². The molecule has 0 bridgehead atoms. The zero-order chi connectivity index (χ0) is 19.6. The molecule has 0 aromatic heterocycles. The Labute approximate surface area is 184 Å². The van der Waals surface area contributed by atoms with Gasteiger partial charge in [-0.1, -0.05) is 89.9 Å². The number of unbranched alkanes of at least 4 members (excludes halogenated alkanes) is 2. The van der Waals surface area contributed by atoms with Crippen molar-refractivity contribution < 1.29 is 4.74 Å². The van der Waals surface area contributed by atoms with E-state index < -0.39 is 8.07 Å². The summed E-state index contributed by atoms with van der Waals surface area (Å²) in [5.74, 6) is 1.85. The fourth-order valence-corrected chi connectivity index (χ4v) is 7.69. The first-order chi connectivity index (χ1) is 13.0. The smallest absolute Gasteiger partial charge is 0.0469 e. The second-order valence-electron chi connectivity index (χ2n) is 10.7. The van der Waals surface area contributed by atoms with Crippen LogP contribution in [0.25, 0.3) is 0 Å². The van der Waals surface area contributed by atoms with Crippen molar-refractivity contribution in [2.75, 3.05) is 13.2 Å². The van der Waals surface area contributed by atoms with E-state index in [4.69, 9.17) is 4.74 Å². The van der Waals surface area contributed by atoms with Gasteiger partial charge in [-0.3, -0.25) is 3.53 Å². The van der Waals surface area contributed by atoms with Crippen molar-refractivity contribution in [2.24, 2.45) is 11.8 Å². The Morgan fingerprint density at radius 3 is 2.11 bits per heavy atom. The van der Waals surface area contributed by atoms with Crippen molar-refractivity contribution in [3.8, 4) is 0 Å². The van der Waals surface area contributed by atoms with Crippen molar-refractivity contribution in [3.63, 3.8) is 0 Å². The highest BCUT2D eigenvalue weighted by Crippen LogP contribution is 2.38. The van der Waals surface area contributed by atoms with Crippen LogP contribution in [0.2, 0.25) is 25.7 Å². The summed E-state index contributed by atoms with van der Waals surface area (Å²) in [6, 6.07) is 1.49. The Hall–Kier alpha value is 0.867. The normalized spacial score (nSPS) is 22.7. The van der Waals surface area contributed by atoms with Crippen molar-refractivity contribution in [2.45, 2.75) is 121 Å². The molecule has 1 unspecified atom stereocenters. The molecule has 27 heavy (non-hydrogen) atoms. The van der Waals surface area contributed by atoms with Crippen LogP contribution in [0.5, 0.6) is 0 Å².